The molecule has 9 heteroatoms. The van der Waals surface area contributed by atoms with E-state index in [0.717, 1.165) is 57.9 Å². The third-order valence-electron chi connectivity index (χ3n) is 8.20. The highest BCUT2D eigenvalue weighted by Crippen LogP contribution is 2.60. The van der Waals surface area contributed by atoms with Crippen molar-refractivity contribution in [2.24, 2.45) is 17.3 Å². The summed E-state index contributed by atoms with van der Waals surface area (Å²) in [6.07, 6.45) is 1.48. The van der Waals surface area contributed by atoms with E-state index < -0.39 is 36.1 Å². The maximum absolute atomic E-state index is 12.8. The first kappa shape index (κ1) is 25.2. The predicted molar refractivity (Wildman–Crippen MR) is 121 cm³/mol. The molecule has 0 bridgehead atoms. The van der Waals surface area contributed by atoms with Crippen molar-refractivity contribution in [2.75, 3.05) is 0 Å². The molecule has 2 fully saturated rings. The number of fused-ring (bicyclic) bond motifs is 5. The lowest BCUT2D eigenvalue weighted by Gasteiger charge is -2.50. The van der Waals surface area contributed by atoms with E-state index >= 15 is 0 Å². The van der Waals surface area contributed by atoms with Crippen LogP contribution in [0.2, 0.25) is 0 Å². The second kappa shape index (κ2) is 9.60. The van der Waals surface area contributed by atoms with Crippen LogP contribution in [0.25, 0.3) is 0 Å². The summed E-state index contributed by atoms with van der Waals surface area (Å²) in [4.78, 5) is 47.2. The highest BCUT2D eigenvalue weighted by molar-refractivity contribution is 5.89. The number of carbonyl (C=O) groups excluding carboxylic acids is 3. The van der Waals surface area contributed by atoms with Gasteiger partial charge in [-0.2, -0.15) is 0 Å². The lowest BCUT2D eigenvalue weighted by Crippen LogP contribution is -2.47. The Kier molecular flexibility index (Phi) is 6.90. The average Bonchev–Trinajstić information content (AvgIpc) is 3.09. The molecule has 0 radical (unpaired) electrons. The van der Waals surface area contributed by atoms with E-state index in [1.165, 1.54) is 5.56 Å². The summed E-state index contributed by atoms with van der Waals surface area (Å²) in [7, 11) is 0. The molecule has 9 nitrogen and oxygen atoms in total. The largest absolute Gasteiger partial charge is 0.478 e. The van der Waals surface area contributed by atoms with Crippen LogP contribution >= 0.6 is 0 Å². The number of aryl methyl sites for hydroxylation is 1. The topological polar surface area (TPSA) is 136 Å². The molecule has 35 heavy (non-hydrogen) atoms. The van der Waals surface area contributed by atoms with Gasteiger partial charge in [-0.05, 0) is 85.0 Å². The van der Waals surface area contributed by atoms with Crippen LogP contribution < -0.4 is 4.74 Å². The number of aliphatic carboxylic acids is 1. The van der Waals surface area contributed by atoms with Gasteiger partial charge in [0.15, 0.2) is 0 Å². The Hall–Kier alpha value is -2.94. The first-order chi connectivity index (χ1) is 16.5. The average molecular weight is 489 g/mol. The fourth-order valence-corrected chi connectivity index (χ4v) is 6.60. The van der Waals surface area contributed by atoms with Crippen molar-refractivity contribution in [1.82, 2.24) is 0 Å². The van der Waals surface area contributed by atoms with Crippen LogP contribution in [0.5, 0.6) is 5.75 Å². The number of hydrogen-bond donors (Lipinski definition) is 2. The Morgan fingerprint density at radius 3 is 2.34 bits per heavy atom. The molecule has 2 N–H and O–H groups in total. The molecule has 0 saturated heterocycles. The van der Waals surface area contributed by atoms with E-state index in [4.69, 9.17) is 14.2 Å². The molecule has 0 spiro atoms. The molecule has 0 amide bonds. The predicted octanol–water partition coefficient (Wildman–Crippen LogP) is 2.76. The highest BCUT2D eigenvalue weighted by atomic mass is 16.6. The standard InChI is InChI=1S/C26H32O9/c1-13(27)33-22(24(30)31)23(34-14(2)28)25(32)35-16-5-7-17-15(12-16)4-6-19-18(17)10-11-26(3)20(19)8-9-21(26)29/h5,7,12,18-23,29H,4,6,8-11H2,1-3H3,(H,30,31)/t18?,19?,20?,21-,22-,23+,26-/m0/s1. The zero-order valence-corrected chi connectivity index (χ0v) is 20.2. The van der Waals surface area contributed by atoms with Gasteiger partial charge in [0, 0.05) is 13.8 Å². The number of ether oxygens (including phenoxy) is 3. The first-order valence-corrected chi connectivity index (χ1v) is 12.1. The Morgan fingerprint density at radius 1 is 1.00 bits per heavy atom. The van der Waals surface area contributed by atoms with Crippen molar-refractivity contribution in [3.8, 4) is 5.75 Å². The van der Waals surface area contributed by atoms with Crippen molar-refractivity contribution in [1.29, 1.82) is 0 Å². The number of carboxylic acids is 1. The molecule has 3 unspecified atom stereocenters. The number of carbonyl (C=O) groups is 4. The van der Waals surface area contributed by atoms with Gasteiger partial charge in [-0.25, -0.2) is 9.59 Å². The molecule has 2 saturated carbocycles. The second-order valence-corrected chi connectivity index (χ2v) is 10.2. The summed E-state index contributed by atoms with van der Waals surface area (Å²) in [5.41, 5.74) is 2.28. The minimum Gasteiger partial charge on any atom is -0.478 e. The number of aliphatic hydroxyl groups excluding tert-OH is 1. The Balaban J connectivity index is 1.52. The molecule has 4 rings (SSSR count). The van der Waals surface area contributed by atoms with Crippen LogP contribution in [-0.2, 0) is 35.1 Å². The van der Waals surface area contributed by atoms with E-state index in [0.29, 0.717) is 17.8 Å². The number of hydrogen-bond acceptors (Lipinski definition) is 8. The normalized spacial score (nSPS) is 30.6. The lowest BCUT2D eigenvalue weighted by molar-refractivity contribution is -0.184. The highest BCUT2D eigenvalue weighted by Gasteiger charge is 2.54. The Labute approximate surface area is 203 Å². The van der Waals surface area contributed by atoms with E-state index in [9.17, 15) is 29.4 Å². The fraction of sp³-hybridized carbons (Fsp3) is 0.615. The summed E-state index contributed by atoms with van der Waals surface area (Å²) < 4.78 is 14.9. The second-order valence-electron chi connectivity index (χ2n) is 10.2. The fourth-order valence-electron chi connectivity index (χ4n) is 6.60. The molecule has 0 aliphatic heterocycles. The molecule has 1 aromatic carbocycles. The Morgan fingerprint density at radius 2 is 1.69 bits per heavy atom. The first-order valence-electron chi connectivity index (χ1n) is 12.1. The van der Waals surface area contributed by atoms with Gasteiger partial charge in [0.2, 0.25) is 12.2 Å². The van der Waals surface area contributed by atoms with Crippen LogP contribution in [-0.4, -0.2) is 52.4 Å². The van der Waals surface area contributed by atoms with E-state index in [1.54, 1.807) is 12.1 Å². The Bertz CT molecular complexity index is 1030. The van der Waals surface area contributed by atoms with Crippen molar-refractivity contribution in [3.05, 3.63) is 29.3 Å². The zero-order valence-electron chi connectivity index (χ0n) is 20.2. The molecule has 0 aromatic heterocycles. The quantitative estimate of drug-likeness (QED) is 0.457. The smallest absolute Gasteiger partial charge is 0.357 e. The summed E-state index contributed by atoms with van der Waals surface area (Å²) in [5.74, 6) is -3.03. The van der Waals surface area contributed by atoms with Crippen LogP contribution in [0.1, 0.15) is 69.9 Å². The SMILES string of the molecule is CC(=O)O[C@H](C(=O)O)[C@@H](OC(C)=O)C(=O)Oc1ccc2c(c1)CCC1C2CC[C@@]2(C)C1CC[C@@H]2O. The minimum absolute atomic E-state index is 0.0114. The molecule has 3 aliphatic carbocycles. The van der Waals surface area contributed by atoms with Crippen molar-refractivity contribution in [2.45, 2.75) is 83.5 Å². The monoisotopic (exact) mass is 488 g/mol. The maximum atomic E-state index is 12.8. The van der Waals surface area contributed by atoms with Gasteiger partial charge in [0.1, 0.15) is 5.75 Å². The molecule has 0 heterocycles. The van der Waals surface area contributed by atoms with Crippen LogP contribution in [0.15, 0.2) is 18.2 Å². The minimum atomic E-state index is -2.03. The zero-order chi connectivity index (χ0) is 25.5. The third kappa shape index (κ3) is 4.78. The van der Waals surface area contributed by atoms with Crippen molar-refractivity contribution in [3.63, 3.8) is 0 Å². The number of rotatable bonds is 6. The van der Waals surface area contributed by atoms with E-state index in [1.807, 2.05) is 6.07 Å². The molecular weight excluding hydrogens is 456 g/mol. The number of aliphatic hydroxyl groups is 1. The molecule has 7 atom stereocenters. The maximum Gasteiger partial charge on any atom is 0.357 e. The van der Waals surface area contributed by atoms with Crippen LogP contribution in [0.3, 0.4) is 0 Å². The van der Waals surface area contributed by atoms with Gasteiger partial charge in [-0.3, -0.25) is 9.59 Å². The summed E-state index contributed by atoms with van der Waals surface area (Å²) >= 11 is 0. The summed E-state index contributed by atoms with van der Waals surface area (Å²) in [5, 5.41) is 20.0. The van der Waals surface area contributed by atoms with E-state index in [-0.39, 0.29) is 17.3 Å². The lowest BCUT2D eigenvalue weighted by atomic mass is 9.55. The van der Waals surface area contributed by atoms with Gasteiger partial charge < -0.3 is 24.4 Å². The van der Waals surface area contributed by atoms with Gasteiger partial charge in [-0.15, -0.1) is 0 Å². The number of carboxylic acid groups (broad SMARTS) is 1. The van der Waals surface area contributed by atoms with Crippen molar-refractivity contribution < 1.29 is 43.6 Å². The summed E-state index contributed by atoms with van der Waals surface area (Å²) in [6.45, 7) is 4.23. The number of benzene rings is 1. The van der Waals surface area contributed by atoms with Gasteiger partial charge in [0.05, 0.1) is 6.10 Å². The van der Waals surface area contributed by atoms with Gasteiger partial charge >= 0.3 is 23.9 Å². The van der Waals surface area contributed by atoms with Crippen LogP contribution in [0, 0.1) is 17.3 Å². The van der Waals surface area contributed by atoms with Crippen molar-refractivity contribution >= 4 is 23.9 Å². The van der Waals surface area contributed by atoms with Crippen LogP contribution in [0.4, 0.5) is 0 Å². The van der Waals surface area contributed by atoms with Gasteiger partial charge in [-0.1, -0.05) is 13.0 Å². The summed E-state index contributed by atoms with van der Waals surface area (Å²) in [6, 6.07) is 5.38. The molecule has 190 valence electrons. The third-order valence-corrected chi connectivity index (χ3v) is 8.20. The van der Waals surface area contributed by atoms with Gasteiger partial charge in [0.25, 0.3) is 0 Å². The number of esters is 3. The molecule has 3 aliphatic rings. The molecular formula is C26H32O9. The van der Waals surface area contributed by atoms with E-state index in [2.05, 4.69) is 6.92 Å². The molecule has 1 aromatic rings.